The zero-order valence-corrected chi connectivity index (χ0v) is 11.2. The monoisotopic (exact) mass is 243 g/mol. The molecule has 2 N–H and O–H groups in total. The molecule has 0 aliphatic carbocycles. The van der Waals surface area contributed by atoms with E-state index < -0.39 is 5.60 Å². The summed E-state index contributed by atoms with van der Waals surface area (Å²) in [6, 6.07) is 0. The number of rotatable bonds is 6. The first-order valence-electron chi connectivity index (χ1n) is 6.52. The molecule has 1 fully saturated rings. The molecule has 100 valence electrons. The Kier molecular flexibility index (Phi) is 5.40. The van der Waals surface area contributed by atoms with Gasteiger partial charge in [0.15, 0.2) is 0 Å². The van der Waals surface area contributed by atoms with E-state index in [1.165, 1.54) is 0 Å². The van der Waals surface area contributed by atoms with Gasteiger partial charge in [0.1, 0.15) is 6.10 Å². The van der Waals surface area contributed by atoms with Crippen LogP contribution in [0, 0.1) is 5.92 Å². The molecule has 1 saturated heterocycles. The van der Waals surface area contributed by atoms with E-state index in [-0.39, 0.29) is 12.0 Å². The highest BCUT2D eigenvalue weighted by Crippen LogP contribution is 2.16. The van der Waals surface area contributed by atoms with Crippen LogP contribution < -0.4 is 5.32 Å². The van der Waals surface area contributed by atoms with Crippen molar-refractivity contribution in [3.8, 4) is 0 Å². The molecule has 1 aliphatic heterocycles. The van der Waals surface area contributed by atoms with Crippen molar-refractivity contribution in [2.75, 3.05) is 13.2 Å². The number of aliphatic hydroxyl groups is 1. The van der Waals surface area contributed by atoms with Gasteiger partial charge in [-0.1, -0.05) is 13.8 Å². The van der Waals surface area contributed by atoms with Crippen molar-refractivity contribution >= 4 is 5.91 Å². The molecule has 0 bridgehead atoms. The molecule has 1 aliphatic rings. The van der Waals surface area contributed by atoms with Crippen molar-refractivity contribution in [3.05, 3.63) is 0 Å². The number of carbonyl (C=O) groups is 1. The summed E-state index contributed by atoms with van der Waals surface area (Å²) in [5.41, 5.74) is -0.821. The molecule has 2 unspecified atom stereocenters. The average Bonchev–Trinajstić information content (AvgIpc) is 2.77. The van der Waals surface area contributed by atoms with Gasteiger partial charge >= 0.3 is 0 Å². The Labute approximate surface area is 104 Å². The fourth-order valence-electron chi connectivity index (χ4n) is 1.86. The molecule has 0 spiro atoms. The first kappa shape index (κ1) is 14.5. The largest absolute Gasteiger partial charge is 0.388 e. The van der Waals surface area contributed by atoms with Crippen molar-refractivity contribution in [3.63, 3.8) is 0 Å². The van der Waals surface area contributed by atoms with Crippen molar-refractivity contribution in [2.45, 2.75) is 58.2 Å². The van der Waals surface area contributed by atoms with Gasteiger partial charge in [0, 0.05) is 13.2 Å². The fourth-order valence-corrected chi connectivity index (χ4v) is 1.86. The molecule has 0 saturated carbocycles. The second-order valence-corrected chi connectivity index (χ2v) is 5.65. The van der Waals surface area contributed by atoms with E-state index in [2.05, 4.69) is 19.2 Å². The third kappa shape index (κ3) is 5.50. The third-order valence-corrected chi connectivity index (χ3v) is 3.13. The number of hydrogen-bond donors (Lipinski definition) is 2. The maximum absolute atomic E-state index is 11.7. The molecule has 1 amide bonds. The number of hydrogen-bond acceptors (Lipinski definition) is 3. The summed E-state index contributed by atoms with van der Waals surface area (Å²) in [6.45, 7) is 6.99. The van der Waals surface area contributed by atoms with Crippen LogP contribution in [0.2, 0.25) is 0 Å². The smallest absolute Gasteiger partial charge is 0.249 e. The van der Waals surface area contributed by atoms with Crippen LogP contribution in [0.5, 0.6) is 0 Å². The lowest BCUT2D eigenvalue weighted by molar-refractivity contribution is -0.131. The Hall–Kier alpha value is -0.610. The maximum atomic E-state index is 11.7. The van der Waals surface area contributed by atoms with Gasteiger partial charge < -0.3 is 15.2 Å². The SMILES string of the molecule is CC(C)CCC(C)(O)CNC(=O)C1CCCO1. The molecule has 4 heteroatoms. The molecular weight excluding hydrogens is 218 g/mol. The first-order valence-corrected chi connectivity index (χ1v) is 6.52. The zero-order chi connectivity index (χ0) is 12.9. The summed E-state index contributed by atoms with van der Waals surface area (Å²) in [7, 11) is 0. The molecular formula is C13H25NO3. The lowest BCUT2D eigenvalue weighted by Gasteiger charge is -2.25. The highest BCUT2D eigenvalue weighted by molar-refractivity contribution is 5.81. The second-order valence-electron chi connectivity index (χ2n) is 5.65. The maximum Gasteiger partial charge on any atom is 0.249 e. The van der Waals surface area contributed by atoms with Crippen molar-refractivity contribution < 1.29 is 14.6 Å². The van der Waals surface area contributed by atoms with E-state index in [1.54, 1.807) is 6.92 Å². The number of carbonyl (C=O) groups excluding carboxylic acids is 1. The Morgan fingerprint density at radius 2 is 2.29 bits per heavy atom. The molecule has 4 nitrogen and oxygen atoms in total. The minimum Gasteiger partial charge on any atom is -0.388 e. The molecule has 17 heavy (non-hydrogen) atoms. The van der Waals surface area contributed by atoms with Crippen LogP contribution in [0.25, 0.3) is 0 Å². The minimum absolute atomic E-state index is 0.0904. The average molecular weight is 243 g/mol. The summed E-state index contributed by atoms with van der Waals surface area (Å²) in [4.78, 5) is 11.7. The second kappa shape index (κ2) is 6.36. The molecule has 1 rings (SSSR count). The van der Waals surface area contributed by atoms with Gasteiger partial charge in [-0.05, 0) is 38.5 Å². The predicted molar refractivity (Wildman–Crippen MR) is 66.7 cm³/mol. The first-order chi connectivity index (χ1) is 7.91. The van der Waals surface area contributed by atoms with Gasteiger partial charge in [-0.15, -0.1) is 0 Å². The van der Waals surface area contributed by atoms with E-state index in [1.807, 2.05) is 0 Å². The van der Waals surface area contributed by atoms with Crippen LogP contribution in [0.3, 0.4) is 0 Å². The predicted octanol–water partition coefficient (Wildman–Crippen LogP) is 1.47. The third-order valence-electron chi connectivity index (χ3n) is 3.13. The van der Waals surface area contributed by atoms with Crippen LogP contribution in [0.1, 0.15) is 46.5 Å². The fraction of sp³-hybridized carbons (Fsp3) is 0.923. The molecule has 0 radical (unpaired) electrons. The van der Waals surface area contributed by atoms with Gasteiger partial charge in [-0.3, -0.25) is 4.79 Å². The standard InChI is InChI=1S/C13H25NO3/c1-10(2)6-7-13(3,16)9-14-12(15)11-5-4-8-17-11/h10-11,16H,4-9H2,1-3H3,(H,14,15). The van der Waals surface area contributed by atoms with E-state index in [0.717, 1.165) is 19.3 Å². The van der Waals surface area contributed by atoms with E-state index in [4.69, 9.17) is 4.74 Å². The molecule has 1 heterocycles. The number of amides is 1. The van der Waals surface area contributed by atoms with Crippen molar-refractivity contribution in [2.24, 2.45) is 5.92 Å². The lowest BCUT2D eigenvalue weighted by Crippen LogP contribution is -2.44. The highest BCUT2D eigenvalue weighted by Gasteiger charge is 2.26. The van der Waals surface area contributed by atoms with Crippen molar-refractivity contribution in [1.29, 1.82) is 0 Å². The van der Waals surface area contributed by atoms with Crippen LogP contribution in [-0.2, 0) is 9.53 Å². The molecule has 0 aromatic carbocycles. The molecule has 0 aromatic heterocycles. The normalized spacial score (nSPS) is 23.7. The summed E-state index contributed by atoms with van der Waals surface area (Å²) < 4.78 is 5.28. The molecule has 0 aromatic rings. The van der Waals surface area contributed by atoms with Crippen LogP contribution in [0.4, 0.5) is 0 Å². The quantitative estimate of drug-likeness (QED) is 0.742. The molecule has 2 atom stereocenters. The zero-order valence-electron chi connectivity index (χ0n) is 11.2. The van der Waals surface area contributed by atoms with E-state index >= 15 is 0 Å². The highest BCUT2D eigenvalue weighted by atomic mass is 16.5. The lowest BCUT2D eigenvalue weighted by atomic mass is 9.95. The summed E-state index contributed by atoms with van der Waals surface area (Å²) >= 11 is 0. The van der Waals surface area contributed by atoms with Crippen LogP contribution in [0.15, 0.2) is 0 Å². The number of ether oxygens (including phenoxy) is 1. The summed E-state index contributed by atoms with van der Waals surface area (Å²) in [5.74, 6) is 0.475. The topological polar surface area (TPSA) is 58.6 Å². The van der Waals surface area contributed by atoms with Crippen LogP contribution in [-0.4, -0.2) is 35.9 Å². The Morgan fingerprint density at radius 1 is 1.59 bits per heavy atom. The summed E-state index contributed by atoms with van der Waals surface area (Å²) in [6.07, 6.45) is 3.09. The Balaban J connectivity index is 2.25. The summed E-state index contributed by atoms with van der Waals surface area (Å²) in [5, 5.41) is 12.9. The van der Waals surface area contributed by atoms with Gasteiger partial charge in [-0.25, -0.2) is 0 Å². The van der Waals surface area contributed by atoms with E-state index in [0.29, 0.717) is 25.5 Å². The van der Waals surface area contributed by atoms with Crippen molar-refractivity contribution in [1.82, 2.24) is 5.32 Å². The Bertz CT molecular complexity index is 245. The Morgan fingerprint density at radius 3 is 2.82 bits per heavy atom. The van der Waals surface area contributed by atoms with Gasteiger partial charge in [0.2, 0.25) is 5.91 Å². The number of nitrogens with one attached hydrogen (secondary N) is 1. The van der Waals surface area contributed by atoms with E-state index in [9.17, 15) is 9.90 Å². The van der Waals surface area contributed by atoms with Gasteiger partial charge in [-0.2, -0.15) is 0 Å². The van der Waals surface area contributed by atoms with Crippen LogP contribution >= 0.6 is 0 Å². The van der Waals surface area contributed by atoms with Gasteiger partial charge in [0.25, 0.3) is 0 Å². The van der Waals surface area contributed by atoms with Gasteiger partial charge in [0.05, 0.1) is 5.60 Å². The minimum atomic E-state index is -0.821.